The van der Waals surface area contributed by atoms with Crippen LogP contribution in [0.2, 0.25) is 0 Å². The predicted molar refractivity (Wildman–Crippen MR) is 114 cm³/mol. The van der Waals surface area contributed by atoms with Crippen LogP contribution >= 0.6 is 0 Å². The van der Waals surface area contributed by atoms with Crippen LogP contribution in [0.15, 0.2) is 53.4 Å². The number of rotatable bonds is 4. The average molecular weight is 454 g/mol. The number of sulfonamides is 2. The van der Waals surface area contributed by atoms with Crippen LogP contribution in [0.25, 0.3) is 0 Å². The first kappa shape index (κ1) is 21.1. The molecule has 2 aliphatic heterocycles. The van der Waals surface area contributed by atoms with Crippen LogP contribution in [-0.2, 0) is 20.0 Å². The summed E-state index contributed by atoms with van der Waals surface area (Å²) in [7, 11) is -7.01. The molecule has 7 nitrogen and oxygen atoms in total. The minimum Gasteiger partial charge on any atom is -0.369 e. The monoisotopic (exact) mass is 453 g/mol. The first-order valence-electron chi connectivity index (χ1n) is 9.88. The van der Waals surface area contributed by atoms with Gasteiger partial charge in [0.2, 0.25) is 20.0 Å². The summed E-state index contributed by atoms with van der Waals surface area (Å²) in [6.07, 6.45) is 1.44. The fourth-order valence-electron chi connectivity index (χ4n) is 3.85. The Morgan fingerprint density at radius 3 is 1.97 bits per heavy atom. The summed E-state index contributed by atoms with van der Waals surface area (Å²) in [5, 5.41) is 0. The SMILES string of the molecule is O=S1(=O)CCCCN1c1ccc(S(=O)(=O)N2CCN(c3ccc(F)cc3)CC2)cc1. The number of nitrogens with zero attached hydrogens (tertiary/aromatic N) is 3. The molecule has 0 aromatic heterocycles. The number of halogens is 1. The van der Waals surface area contributed by atoms with E-state index in [0.29, 0.717) is 44.8 Å². The molecule has 0 radical (unpaired) electrons. The quantitative estimate of drug-likeness (QED) is 0.710. The number of hydrogen-bond donors (Lipinski definition) is 0. The largest absolute Gasteiger partial charge is 0.369 e. The third-order valence-corrected chi connectivity index (χ3v) is 9.32. The molecule has 4 rings (SSSR count). The molecule has 0 N–H and O–H groups in total. The zero-order valence-corrected chi connectivity index (χ0v) is 18.1. The molecule has 2 aliphatic rings. The van der Waals surface area contributed by atoms with E-state index in [1.807, 2.05) is 4.90 Å². The Balaban J connectivity index is 1.45. The van der Waals surface area contributed by atoms with Crippen molar-refractivity contribution in [2.45, 2.75) is 17.7 Å². The van der Waals surface area contributed by atoms with Crippen molar-refractivity contribution in [3.05, 3.63) is 54.3 Å². The maximum Gasteiger partial charge on any atom is 0.243 e. The van der Waals surface area contributed by atoms with Crippen molar-refractivity contribution in [1.29, 1.82) is 0 Å². The molecular formula is C20H24FN3O4S2. The van der Waals surface area contributed by atoms with Gasteiger partial charge in [-0.1, -0.05) is 0 Å². The van der Waals surface area contributed by atoms with E-state index >= 15 is 0 Å². The zero-order chi connectivity index (χ0) is 21.4. The molecule has 2 fully saturated rings. The Labute approximate surface area is 176 Å². The summed E-state index contributed by atoms with van der Waals surface area (Å²) < 4.78 is 66.4. The van der Waals surface area contributed by atoms with Crippen LogP contribution < -0.4 is 9.21 Å². The lowest BCUT2D eigenvalue weighted by Gasteiger charge is -2.35. The number of anilines is 2. The van der Waals surface area contributed by atoms with Crippen LogP contribution in [0, 0.1) is 5.82 Å². The van der Waals surface area contributed by atoms with E-state index < -0.39 is 20.0 Å². The Hall–Kier alpha value is -2.17. The lowest BCUT2D eigenvalue weighted by atomic mass is 10.2. The van der Waals surface area contributed by atoms with E-state index in [-0.39, 0.29) is 16.5 Å². The maximum absolute atomic E-state index is 13.1. The predicted octanol–water partition coefficient (Wildman–Crippen LogP) is 2.27. The second-order valence-electron chi connectivity index (χ2n) is 7.46. The summed E-state index contributed by atoms with van der Waals surface area (Å²) in [5.41, 5.74) is 1.36. The third-order valence-electron chi connectivity index (χ3n) is 5.54. The molecule has 0 aliphatic carbocycles. The summed E-state index contributed by atoms with van der Waals surface area (Å²) in [4.78, 5) is 2.17. The van der Waals surface area contributed by atoms with Crippen molar-refractivity contribution in [1.82, 2.24) is 4.31 Å². The van der Waals surface area contributed by atoms with Gasteiger partial charge in [-0.2, -0.15) is 4.31 Å². The normalized spacial score (nSPS) is 20.3. The van der Waals surface area contributed by atoms with Gasteiger partial charge in [-0.3, -0.25) is 4.31 Å². The van der Waals surface area contributed by atoms with E-state index in [0.717, 1.165) is 12.1 Å². The van der Waals surface area contributed by atoms with Gasteiger partial charge in [0.05, 0.1) is 16.3 Å². The molecule has 30 heavy (non-hydrogen) atoms. The van der Waals surface area contributed by atoms with Crippen LogP contribution in [0.5, 0.6) is 0 Å². The highest BCUT2D eigenvalue weighted by Gasteiger charge is 2.30. The summed E-state index contributed by atoms with van der Waals surface area (Å²) in [6, 6.07) is 12.2. The van der Waals surface area contributed by atoms with Crippen molar-refractivity contribution in [3.8, 4) is 0 Å². The highest BCUT2D eigenvalue weighted by molar-refractivity contribution is 7.92. The Morgan fingerprint density at radius 2 is 1.37 bits per heavy atom. The molecule has 0 spiro atoms. The molecule has 2 aromatic carbocycles. The lowest BCUT2D eigenvalue weighted by molar-refractivity contribution is 0.385. The molecule has 2 heterocycles. The second kappa shape index (κ2) is 8.16. The molecule has 0 amide bonds. The standard InChI is InChI=1S/C20H24FN3O4S2/c21-17-3-5-18(6-4-17)22-12-14-23(15-13-22)30(27,28)20-9-7-19(8-10-20)24-11-1-2-16-29(24,25)26/h3-10H,1-2,11-16H2. The van der Waals surface area contributed by atoms with Crippen LogP contribution in [0.1, 0.15) is 12.8 Å². The van der Waals surface area contributed by atoms with Gasteiger partial charge in [-0.15, -0.1) is 0 Å². The van der Waals surface area contributed by atoms with Gasteiger partial charge in [-0.05, 0) is 61.4 Å². The lowest BCUT2D eigenvalue weighted by Crippen LogP contribution is -2.48. The molecule has 0 atom stereocenters. The van der Waals surface area contributed by atoms with Gasteiger partial charge in [0.1, 0.15) is 5.82 Å². The van der Waals surface area contributed by atoms with Crippen molar-refractivity contribution in [3.63, 3.8) is 0 Å². The highest BCUT2D eigenvalue weighted by atomic mass is 32.2. The van der Waals surface area contributed by atoms with Gasteiger partial charge >= 0.3 is 0 Å². The first-order valence-corrected chi connectivity index (χ1v) is 12.9. The summed E-state index contributed by atoms with van der Waals surface area (Å²) in [6.45, 7) is 2.08. The molecular weight excluding hydrogens is 429 g/mol. The average Bonchev–Trinajstić information content (AvgIpc) is 2.74. The van der Waals surface area contributed by atoms with E-state index in [2.05, 4.69) is 0 Å². The van der Waals surface area contributed by atoms with E-state index in [1.54, 1.807) is 24.3 Å². The van der Waals surface area contributed by atoms with Crippen LogP contribution in [0.4, 0.5) is 15.8 Å². The number of hydrogen-bond acceptors (Lipinski definition) is 5. The van der Waals surface area contributed by atoms with E-state index in [1.165, 1.54) is 32.9 Å². The number of benzene rings is 2. The van der Waals surface area contributed by atoms with Crippen molar-refractivity contribution < 1.29 is 21.2 Å². The molecule has 0 unspecified atom stereocenters. The minimum absolute atomic E-state index is 0.116. The van der Waals surface area contributed by atoms with Gasteiger partial charge in [0, 0.05) is 38.4 Å². The third kappa shape index (κ3) is 4.17. The van der Waals surface area contributed by atoms with Gasteiger partial charge in [0.25, 0.3) is 0 Å². The molecule has 2 aromatic rings. The van der Waals surface area contributed by atoms with Gasteiger partial charge in [0.15, 0.2) is 0 Å². The topological polar surface area (TPSA) is 78.0 Å². The van der Waals surface area contributed by atoms with Crippen molar-refractivity contribution in [2.75, 3.05) is 47.7 Å². The van der Waals surface area contributed by atoms with Gasteiger partial charge in [-0.25, -0.2) is 21.2 Å². The first-order chi connectivity index (χ1) is 14.3. The Kier molecular flexibility index (Phi) is 5.73. The number of piperazine rings is 1. The Morgan fingerprint density at radius 1 is 0.767 bits per heavy atom. The fourth-order valence-corrected chi connectivity index (χ4v) is 6.91. The maximum atomic E-state index is 13.1. The van der Waals surface area contributed by atoms with Crippen LogP contribution in [-0.4, -0.2) is 59.6 Å². The smallest absolute Gasteiger partial charge is 0.243 e. The van der Waals surface area contributed by atoms with Crippen molar-refractivity contribution >= 4 is 31.4 Å². The van der Waals surface area contributed by atoms with Crippen LogP contribution in [0.3, 0.4) is 0 Å². The Bertz CT molecular complexity index is 1100. The molecule has 10 heteroatoms. The molecule has 2 saturated heterocycles. The molecule has 0 bridgehead atoms. The zero-order valence-electron chi connectivity index (χ0n) is 16.4. The highest BCUT2D eigenvalue weighted by Crippen LogP contribution is 2.27. The van der Waals surface area contributed by atoms with Gasteiger partial charge < -0.3 is 4.90 Å². The summed E-state index contributed by atoms with van der Waals surface area (Å²) in [5.74, 6) is -0.188. The van der Waals surface area contributed by atoms with E-state index in [4.69, 9.17) is 0 Å². The minimum atomic E-state index is -3.67. The fraction of sp³-hybridized carbons (Fsp3) is 0.400. The van der Waals surface area contributed by atoms with Crippen molar-refractivity contribution in [2.24, 2.45) is 0 Å². The second-order valence-corrected chi connectivity index (χ2v) is 11.4. The van der Waals surface area contributed by atoms with E-state index in [9.17, 15) is 21.2 Å². The summed E-state index contributed by atoms with van der Waals surface area (Å²) >= 11 is 0. The molecule has 0 saturated carbocycles. The molecule has 162 valence electrons.